The molecule has 0 N–H and O–H groups in total. The number of hydrogen-bond acceptors (Lipinski definition) is 3. The van der Waals surface area contributed by atoms with Gasteiger partial charge in [-0.15, -0.1) is 0 Å². The summed E-state index contributed by atoms with van der Waals surface area (Å²) in [5, 5.41) is 1.59. The van der Waals surface area contributed by atoms with Crippen molar-refractivity contribution in [2.45, 2.75) is 0 Å². The van der Waals surface area contributed by atoms with Crippen LogP contribution in [0.4, 0.5) is 0 Å². The zero-order valence-corrected chi connectivity index (χ0v) is 10.6. The highest BCUT2D eigenvalue weighted by Gasteiger charge is 2.18. The molecule has 0 amide bonds. The lowest BCUT2D eigenvalue weighted by molar-refractivity contribution is 0.0568. The Kier molecular flexibility index (Phi) is 2.35. The third-order valence-electron chi connectivity index (χ3n) is 3.03. The van der Waals surface area contributed by atoms with E-state index in [0.717, 1.165) is 16.4 Å². The maximum atomic E-state index is 11.4. The monoisotopic (exact) mass is 263 g/mol. The lowest BCUT2D eigenvalue weighted by Gasteiger charge is -1.97. The van der Waals surface area contributed by atoms with E-state index in [4.69, 9.17) is 16.0 Å². The van der Waals surface area contributed by atoms with Crippen LogP contribution in [-0.4, -0.2) is 17.6 Å². The molecule has 18 heavy (non-hydrogen) atoms. The molecule has 0 saturated carbocycles. The van der Waals surface area contributed by atoms with E-state index >= 15 is 0 Å². The minimum atomic E-state index is -0.478. The van der Waals surface area contributed by atoms with Gasteiger partial charge in [0.25, 0.3) is 0 Å². The molecule has 0 aliphatic heterocycles. The standard InChI is InChI=1S/C13H10ClNO3/c1-15-9-5-7(14)3-4-8(9)12-10(15)6-11(18-12)13(16)17-2/h3-6H,1-2H3. The number of aromatic nitrogens is 1. The number of carbonyl (C=O) groups excluding carboxylic acids is 1. The molecule has 0 aliphatic rings. The Balaban J connectivity index is 2.36. The smallest absolute Gasteiger partial charge is 0.374 e. The number of aryl methyl sites for hydroxylation is 1. The van der Waals surface area contributed by atoms with Crippen molar-refractivity contribution in [1.29, 1.82) is 0 Å². The van der Waals surface area contributed by atoms with Crippen LogP contribution in [-0.2, 0) is 11.8 Å². The molecule has 0 atom stereocenters. The first-order valence-corrected chi connectivity index (χ1v) is 5.75. The van der Waals surface area contributed by atoms with Gasteiger partial charge in [-0.3, -0.25) is 0 Å². The minimum Gasteiger partial charge on any atom is -0.463 e. The molecule has 0 bridgehead atoms. The number of nitrogens with zero attached hydrogens (tertiary/aromatic N) is 1. The molecule has 3 aromatic rings. The number of benzene rings is 1. The van der Waals surface area contributed by atoms with E-state index in [-0.39, 0.29) is 5.76 Å². The first kappa shape index (κ1) is 11.2. The number of hydrogen-bond donors (Lipinski definition) is 0. The van der Waals surface area contributed by atoms with Crippen LogP contribution >= 0.6 is 11.6 Å². The van der Waals surface area contributed by atoms with Crippen molar-refractivity contribution >= 4 is 39.6 Å². The third-order valence-corrected chi connectivity index (χ3v) is 3.26. The first-order chi connectivity index (χ1) is 8.61. The summed E-state index contributed by atoms with van der Waals surface area (Å²) in [5.74, 6) is -0.275. The van der Waals surface area contributed by atoms with Crippen LogP contribution in [0, 0.1) is 0 Å². The van der Waals surface area contributed by atoms with Crippen LogP contribution in [0.1, 0.15) is 10.6 Å². The van der Waals surface area contributed by atoms with Gasteiger partial charge in [0.1, 0.15) is 0 Å². The quantitative estimate of drug-likeness (QED) is 0.632. The molecule has 0 radical (unpaired) electrons. The van der Waals surface area contributed by atoms with Gasteiger partial charge in [0.15, 0.2) is 5.58 Å². The number of methoxy groups -OCH3 is 1. The van der Waals surface area contributed by atoms with E-state index in [0.29, 0.717) is 10.6 Å². The summed E-state index contributed by atoms with van der Waals surface area (Å²) in [6, 6.07) is 7.22. The van der Waals surface area contributed by atoms with Crippen LogP contribution < -0.4 is 0 Å². The average Bonchev–Trinajstić information content (AvgIpc) is 2.90. The highest BCUT2D eigenvalue weighted by Crippen LogP contribution is 2.32. The molecular weight excluding hydrogens is 254 g/mol. The molecule has 92 valence electrons. The Bertz CT molecular complexity index is 769. The summed E-state index contributed by atoms with van der Waals surface area (Å²) < 4.78 is 12.1. The summed E-state index contributed by atoms with van der Waals surface area (Å²) in [6.07, 6.45) is 0. The van der Waals surface area contributed by atoms with Gasteiger partial charge in [-0.05, 0) is 18.2 Å². The topological polar surface area (TPSA) is 44.4 Å². The number of esters is 1. The summed E-state index contributed by atoms with van der Waals surface area (Å²) in [7, 11) is 3.23. The van der Waals surface area contributed by atoms with Crippen molar-refractivity contribution < 1.29 is 13.9 Å². The van der Waals surface area contributed by atoms with Crippen molar-refractivity contribution in [3.05, 3.63) is 35.0 Å². The van der Waals surface area contributed by atoms with Crippen LogP contribution in [0.15, 0.2) is 28.7 Å². The summed E-state index contributed by atoms with van der Waals surface area (Å²) in [5.41, 5.74) is 2.48. The number of fused-ring (bicyclic) bond motifs is 3. The number of rotatable bonds is 1. The zero-order valence-electron chi connectivity index (χ0n) is 9.86. The summed E-state index contributed by atoms with van der Waals surface area (Å²) in [6.45, 7) is 0. The van der Waals surface area contributed by atoms with E-state index in [1.165, 1.54) is 7.11 Å². The fourth-order valence-electron chi connectivity index (χ4n) is 2.13. The van der Waals surface area contributed by atoms with Gasteiger partial charge in [-0.2, -0.15) is 0 Å². The maximum Gasteiger partial charge on any atom is 0.374 e. The molecular formula is C13H10ClNO3. The van der Waals surface area contributed by atoms with Gasteiger partial charge in [0, 0.05) is 23.5 Å². The van der Waals surface area contributed by atoms with Crippen molar-refractivity contribution in [2.24, 2.45) is 7.05 Å². The molecule has 0 aliphatic carbocycles. The lowest BCUT2D eigenvalue weighted by Crippen LogP contribution is -1.98. The molecule has 0 fully saturated rings. The Hall–Kier alpha value is -1.94. The third kappa shape index (κ3) is 1.42. The number of ether oxygens (including phenoxy) is 1. The molecule has 0 saturated heterocycles. The molecule has 0 spiro atoms. The van der Waals surface area contributed by atoms with Gasteiger partial charge in [-0.1, -0.05) is 11.6 Å². The van der Waals surface area contributed by atoms with E-state index in [2.05, 4.69) is 4.74 Å². The predicted octanol–water partition coefficient (Wildman–Crippen LogP) is 3.36. The largest absolute Gasteiger partial charge is 0.463 e. The second-order valence-corrected chi connectivity index (χ2v) is 4.47. The van der Waals surface area contributed by atoms with Crippen molar-refractivity contribution in [1.82, 2.24) is 4.57 Å². The minimum absolute atomic E-state index is 0.204. The number of carbonyl (C=O) groups is 1. The van der Waals surface area contributed by atoms with E-state index in [1.807, 2.05) is 23.7 Å². The van der Waals surface area contributed by atoms with Crippen LogP contribution in [0.3, 0.4) is 0 Å². The maximum absolute atomic E-state index is 11.4. The number of halogens is 1. The van der Waals surface area contributed by atoms with Crippen LogP contribution in [0.25, 0.3) is 22.0 Å². The fourth-order valence-corrected chi connectivity index (χ4v) is 2.30. The summed E-state index contributed by atoms with van der Waals surface area (Å²) in [4.78, 5) is 11.4. The molecule has 4 nitrogen and oxygen atoms in total. The number of furan rings is 1. The van der Waals surface area contributed by atoms with Gasteiger partial charge in [0.2, 0.25) is 5.76 Å². The molecule has 3 rings (SSSR count). The van der Waals surface area contributed by atoms with E-state index in [1.54, 1.807) is 12.1 Å². The van der Waals surface area contributed by atoms with Crippen molar-refractivity contribution in [2.75, 3.05) is 7.11 Å². The van der Waals surface area contributed by atoms with Gasteiger partial charge < -0.3 is 13.7 Å². The molecule has 2 heterocycles. The molecule has 0 unspecified atom stereocenters. The Morgan fingerprint density at radius 3 is 2.83 bits per heavy atom. The Morgan fingerprint density at radius 2 is 2.11 bits per heavy atom. The van der Waals surface area contributed by atoms with Gasteiger partial charge in [-0.25, -0.2) is 4.79 Å². The highest BCUT2D eigenvalue weighted by atomic mass is 35.5. The van der Waals surface area contributed by atoms with Gasteiger partial charge >= 0.3 is 5.97 Å². The predicted molar refractivity (Wildman–Crippen MR) is 69.0 cm³/mol. The Labute approximate surface area is 108 Å². The zero-order chi connectivity index (χ0) is 12.9. The second-order valence-electron chi connectivity index (χ2n) is 4.04. The average molecular weight is 264 g/mol. The van der Waals surface area contributed by atoms with E-state index < -0.39 is 5.97 Å². The summed E-state index contributed by atoms with van der Waals surface area (Å²) >= 11 is 5.97. The lowest BCUT2D eigenvalue weighted by atomic mass is 10.2. The van der Waals surface area contributed by atoms with Crippen molar-refractivity contribution in [3.8, 4) is 0 Å². The van der Waals surface area contributed by atoms with Gasteiger partial charge in [0.05, 0.1) is 18.1 Å². The fraction of sp³-hybridized carbons (Fsp3) is 0.154. The first-order valence-electron chi connectivity index (χ1n) is 5.37. The van der Waals surface area contributed by atoms with Crippen molar-refractivity contribution in [3.63, 3.8) is 0 Å². The Morgan fingerprint density at radius 1 is 1.33 bits per heavy atom. The molecule has 2 aromatic heterocycles. The normalized spacial score (nSPS) is 11.3. The molecule has 1 aromatic carbocycles. The van der Waals surface area contributed by atoms with Crippen LogP contribution in [0.2, 0.25) is 5.02 Å². The second kappa shape index (κ2) is 3.78. The van der Waals surface area contributed by atoms with E-state index in [9.17, 15) is 4.79 Å². The SMILES string of the molecule is COC(=O)c1cc2c(o1)c1ccc(Cl)cc1n2C. The highest BCUT2D eigenvalue weighted by molar-refractivity contribution is 6.31. The molecule has 5 heteroatoms. The van der Waals surface area contributed by atoms with Crippen LogP contribution in [0.5, 0.6) is 0 Å².